The molecule has 1 aliphatic carbocycles. The molecule has 1 aromatic rings. The van der Waals surface area contributed by atoms with E-state index in [1.165, 1.54) is 38.5 Å². The lowest BCUT2D eigenvalue weighted by atomic mass is 10.1. The first-order chi connectivity index (χ1) is 14.4. The van der Waals surface area contributed by atoms with Crippen molar-refractivity contribution < 1.29 is 13.2 Å². The Labute approximate surface area is 205 Å². The number of benzene rings is 1. The first kappa shape index (κ1) is 28.1. The van der Waals surface area contributed by atoms with E-state index in [4.69, 9.17) is 4.74 Å². The van der Waals surface area contributed by atoms with Crippen molar-refractivity contribution in [3.05, 3.63) is 35.4 Å². The molecule has 0 aromatic heterocycles. The summed E-state index contributed by atoms with van der Waals surface area (Å²) in [5, 5.41) is 6.56. The van der Waals surface area contributed by atoms with Crippen LogP contribution < -0.4 is 15.4 Å². The van der Waals surface area contributed by atoms with E-state index in [0.717, 1.165) is 23.6 Å². The number of halogens is 1. The summed E-state index contributed by atoms with van der Waals surface area (Å²) >= 11 is 0. The molecule has 31 heavy (non-hydrogen) atoms. The molecular formula is C22H39IN4O3S. The van der Waals surface area contributed by atoms with Gasteiger partial charge < -0.3 is 15.4 Å². The Morgan fingerprint density at radius 2 is 1.68 bits per heavy atom. The third-order valence-electron chi connectivity index (χ3n) is 5.03. The van der Waals surface area contributed by atoms with Gasteiger partial charge in [-0.15, -0.1) is 24.0 Å². The van der Waals surface area contributed by atoms with E-state index in [0.29, 0.717) is 19.3 Å². The quantitative estimate of drug-likeness (QED) is 0.133. The lowest BCUT2D eigenvalue weighted by Crippen LogP contribution is -2.38. The van der Waals surface area contributed by atoms with Crippen LogP contribution in [0.5, 0.6) is 0 Å². The summed E-state index contributed by atoms with van der Waals surface area (Å²) in [5.41, 5.74) is 1.83. The third kappa shape index (κ3) is 12.1. The average molecular weight is 567 g/mol. The molecule has 178 valence electrons. The number of aliphatic imine (C=N–C) groups is 1. The fraction of sp³-hybridized carbons (Fsp3) is 0.682. The van der Waals surface area contributed by atoms with Crippen LogP contribution in [0.15, 0.2) is 29.3 Å². The fourth-order valence-corrected chi connectivity index (χ4v) is 5.02. The van der Waals surface area contributed by atoms with Gasteiger partial charge in [0.15, 0.2) is 5.96 Å². The standard InChI is InChI=1S/C22H38N4O3S.HI/c1-18(2)26-30(27,28)17-20-12-10-19(11-13-20)16-25-22(23-3)24-14-15-29-21-8-6-4-5-7-9-21;/h10-13,18,21,26H,4-9,14-17H2,1-3H3,(H2,23,24,25);1H. The molecule has 1 aliphatic rings. The minimum atomic E-state index is -3.31. The molecule has 1 aromatic carbocycles. The molecule has 0 spiro atoms. The zero-order chi connectivity index (χ0) is 21.8. The lowest BCUT2D eigenvalue weighted by Gasteiger charge is -2.17. The van der Waals surface area contributed by atoms with E-state index in [1.807, 2.05) is 38.1 Å². The van der Waals surface area contributed by atoms with Gasteiger partial charge in [0.25, 0.3) is 0 Å². The van der Waals surface area contributed by atoms with Crippen molar-refractivity contribution in [3.63, 3.8) is 0 Å². The predicted molar refractivity (Wildman–Crippen MR) is 138 cm³/mol. The normalized spacial score (nSPS) is 15.9. The Morgan fingerprint density at radius 1 is 1.06 bits per heavy atom. The number of nitrogens with one attached hydrogen (secondary N) is 3. The number of nitrogens with zero attached hydrogens (tertiary/aromatic N) is 1. The van der Waals surface area contributed by atoms with Crippen LogP contribution in [0.2, 0.25) is 0 Å². The van der Waals surface area contributed by atoms with E-state index in [9.17, 15) is 8.42 Å². The number of hydrogen-bond acceptors (Lipinski definition) is 4. The number of ether oxygens (including phenoxy) is 1. The van der Waals surface area contributed by atoms with Crippen molar-refractivity contribution in [3.8, 4) is 0 Å². The lowest BCUT2D eigenvalue weighted by molar-refractivity contribution is 0.0468. The molecule has 0 amide bonds. The van der Waals surface area contributed by atoms with Crippen molar-refractivity contribution in [2.24, 2.45) is 4.99 Å². The maximum absolute atomic E-state index is 12.0. The molecule has 0 heterocycles. The molecule has 0 bridgehead atoms. The van der Waals surface area contributed by atoms with Gasteiger partial charge in [-0.25, -0.2) is 13.1 Å². The van der Waals surface area contributed by atoms with Crippen molar-refractivity contribution in [2.75, 3.05) is 20.2 Å². The number of guanidine groups is 1. The molecule has 0 aliphatic heterocycles. The van der Waals surface area contributed by atoms with Crippen LogP contribution in [0.25, 0.3) is 0 Å². The van der Waals surface area contributed by atoms with Crippen LogP contribution >= 0.6 is 24.0 Å². The maximum atomic E-state index is 12.0. The SMILES string of the molecule is CN=C(NCCOC1CCCCCC1)NCc1ccc(CS(=O)(=O)NC(C)C)cc1.I. The second kappa shape index (κ2) is 15.0. The molecule has 1 fully saturated rings. The Morgan fingerprint density at radius 3 is 2.26 bits per heavy atom. The fourth-order valence-electron chi connectivity index (χ4n) is 3.58. The maximum Gasteiger partial charge on any atom is 0.216 e. The van der Waals surface area contributed by atoms with Crippen molar-refractivity contribution in [1.82, 2.24) is 15.4 Å². The molecule has 0 atom stereocenters. The summed E-state index contributed by atoms with van der Waals surface area (Å²) in [6, 6.07) is 7.49. The monoisotopic (exact) mass is 566 g/mol. The van der Waals surface area contributed by atoms with E-state index in [1.54, 1.807) is 7.05 Å². The summed E-state index contributed by atoms with van der Waals surface area (Å²) in [4.78, 5) is 4.25. The van der Waals surface area contributed by atoms with Crippen LogP contribution in [-0.2, 0) is 27.1 Å². The first-order valence-corrected chi connectivity index (χ1v) is 12.7. The molecular weight excluding hydrogens is 527 g/mol. The van der Waals surface area contributed by atoms with Gasteiger partial charge >= 0.3 is 0 Å². The molecule has 0 radical (unpaired) electrons. The van der Waals surface area contributed by atoms with E-state index in [-0.39, 0.29) is 35.8 Å². The Hall–Kier alpha value is -0.910. The van der Waals surface area contributed by atoms with E-state index >= 15 is 0 Å². The second-order valence-corrected chi connectivity index (χ2v) is 9.94. The summed E-state index contributed by atoms with van der Waals surface area (Å²) < 4.78 is 32.7. The molecule has 0 saturated heterocycles. The van der Waals surface area contributed by atoms with Crippen LogP contribution in [0.4, 0.5) is 0 Å². The van der Waals surface area contributed by atoms with Crippen LogP contribution in [0.1, 0.15) is 63.5 Å². The van der Waals surface area contributed by atoms with Crippen LogP contribution in [0, 0.1) is 0 Å². The topological polar surface area (TPSA) is 91.8 Å². The van der Waals surface area contributed by atoms with Gasteiger partial charge in [-0.1, -0.05) is 49.9 Å². The first-order valence-electron chi connectivity index (χ1n) is 11.0. The highest BCUT2D eigenvalue weighted by atomic mass is 127. The summed E-state index contributed by atoms with van der Waals surface area (Å²) in [6.07, 6.45) is 7.99. The Kier molecular flexibility index (Phi) is 13.6. The van der Waals surface area contributed by atoms with Crippen LogP contribution in [-0.4, -0.2) is 46.7 Å². The van der Waals surface area contributed by atoms with Crippen molar-refractivity contribution in [2.45, 2.75) is 76.8 Å². The number of rotatable bonds is 10. The van der Waals surface area contributed by atoms with Gasteiger partial charge in [0.1, 0.15) is 0 Å². The molecule has 2 rings (SSSR count). The third-order valence-corrected chi connectivity index (χ3v) is 6.57. The molecule has 3 N–H and O–H groups in total. The number of sulfonamides is 1. The van der Waals surface area contributed by atoms with Gasteiger partial charge in [0.05, 0.1) is 18.5 Å². The highest BCUT2D eigenvalue weighted by molar-refractivity contribution is 14.0. The van der Waals surface area contributed by atoms with E-state index < -0.39 is 10.0 Å². The highest BCUT2D eigenvalue weighted by Gasteiger charge is 2.13. The number of hydrogen-bond donors (Lipinski definition) is 3. The average Bonchev–Trinajstić information content (AvgIpc) is 2.96. The zero-order valence-electron chi connectivity index (χ0n) is 19.0. The predicted octanol–water partition coefficient (Wildman–Crippen LogP) is 3.54. The summed E-state index contributed by atoms with van der Waals surface area (Å²) in [6.45, 7) is 5.64. The minimum Gasteiger partial charge on any atom is -0.376 e. The summed E-state index contributed by atoms with van der Waals surface area (Å²) in [7, 11) is -1.56. The van der Waals surface area contributed by atoms with Crippen LogP contribution in [0.3, 0.4) is 0 Å². The largest absolute Gasteiger partial charge is 0.376 e. The van der Waals surface area contributed by atoms with Gasteiger partial charge in [0, 0.05) is 26.2 Å². The van der Waals surface area contributed by atoms with Crippen molar-refractivity contribution >= 4 is 40.0 Å². The van der Waals surface area contributed by atoms with Gasteiger partial charge in [-0.05, 0) is 37.8 Å². The highest BCUT2D eigenvalue weighted by Crippen LogP contribution is 2.19. The van der Waals surface area contributed by atoms with E-state index in [2.05, 4.69) is 20.3 Å². The Bertz CT molecular complexity index is 747. The zero-order valence-corrected chi connectivity index (χ0v) is 22.2. The molecule has 9 heteroatoms. The molecule has 0 unspecified atom stereocenters. The van der Waals surface area contributed by atoms with Gasteiger partial charge in [-0.2, -0.15) is 0 Å². The second-order valence-electron chi connectivity index (χ2n) is 8.19. The minimum absolute atomic E-state index is 0. The molecule has 1 saturated carbocycles. The van der Waals surface area contributed by atoms with Crippen molar-refractivity contribution in [1.29, 1.82) is 0 Å². The molecule has 7 nitrogen and oxygen atoms in total. The smallest absolute Gasteiger partial charge is 0.216 e. The Balaban J connectivity index is 0.00000480. The summed E-state index contributed by atoms with van der Waals surface area (Å²) in [5.74, 6) is 0.718. The van der Waals surface area contributed by atoms with Gasteiger partial charge in [-0.3, -0.25) is 4.99 Å². The van der Waals surface area contributed by atoms with Gasteiger partial charge in [0.2, 0.25) is 10.0 Å².